The maximum absolute atomic E-state index is 4.52. The van der Waals surface area contributed by atoms with Crippen LogP contribution in [0.4, 0.5) is 0 Å². The van der Waals surface area contributed by atoms with E-state index < -0.39 is 0 Å². The number of hydrogen-bond acceptors (Lipinski definition) is 2. The van der Waals surface area contributed by atoms with Crippen LogP contribution in [-0.2, 0) is 0 Å². The van der Waals surface area contributed by atoms with Crippen LogP contribution < -0.4 is 0 Å². The van der Waals surface area contributed by atoms with Crippen molar-refractivity contribution in [3.05, 3.63) is 23.3 Å². The van der Waals surface area contributed by atoms with Crippen molar-refractivity contribution in [1.29, 1.82) is 0 Å². The van der Waals surface area contributed by atoms with Gasteiger partial charge in [0.15, 0.2) is 0 Å². The SMILES string of the molecule is CCCCC(Br)c1nc(C)cnc1C. The average molecular weight is 257 g/mol. The quantitative estimate of drug-likeness (QED) is 0.768. The molecule has 0 aliphatic heterocycles. The van der Waals surface area contributed by atoms with E-state index in [1.807, 2.05) is 20.0 Å². The summed E-state index contributed by atoms with van der Waals surface area (Å²) in [5, 5.41) is 0. The number of hydrogen-bond donors (Lipinski definition) is 0. The molecular formula is C11H17BrN2. The molecule has 0 amide bonds. The van der Waals surface area contributed by atoms with Crippen molar-refractivity contribution in [2.45, 2.75) is 44.9 Å². The zero-order valence-corrected chi connectivity index (χ0v) is 10.6. The molecule has 1 atom stereocenters. The van der Waals surface area contributed by atoms with E-state index in [1.54, 1.807) is 0 Å². The van der Waals surface area contributed by atoms with Gasteiger partial charge in [-0.05, 0) is 20.3 Å². The Morgan fingerprint density at radius 2 is 2.14 bits per heavy atom. The number of alkyl halides is 1. The van der Waals surface area contributed by atoms with E-state index in [0.717, 1.165) is 23.5 Å². The first-order chi connectivity index (χ1) is 6.65. The standard InChI is InChI=1S/C11H17BrN2/c1-4-5-6-10(12)11-9(3)13-7-8(2)14-11/h7,10H,4-6H2,1-3H3. The molecule has 0 aromatic carbocycles. The Morgan fingerprint density at radius 1 is 1.43 bits per heavy atom. The average Bonchev–Trinajstić information content (AvgIpc) is 2.18. The first-order valence-electron chi connectivity index (χ1n) is 5.09. The lowest BCUT2D eigenvalue weighted by Crippen LogP contribution is -2.01. The molecule has 1 aromatic rings. The van der Waals surface area contributed by atoms with E-state index in [-0.39, 0.29) is 0 Å². The lowest BCUT2D eigenvalue weighted by atomic mass is 10.1. The summed E-state index contributed by atoms with van der Waals surface area (Å²) in [7, 11) is 0. The van der Waals surface area contributed by atoms with Gasteiger partial charge >= 0.3 is 0 Å². The van der Waals surface area contributed by atoms with Gasteiger partial charge in [-0.25, -0.2) is 0 Å². The monoisotopic (exact) mass is 256 g/mol. The van der Waals surface area contributed by atoms with Gasteiger partial charge in [0, 0.05) is 6.20 Å². The number of aryl methyl sites for hydroxylation is 2. The molecule has 0 saturated carbocycles. The molecule has 0 bridgehead atoms. The van der Waals surface area contributed by atoms with Crippen LogP contribution in [0.1, 0.15) is 48.1 Å². The summed E-state index contributed by atoms with van der Waals surface area (Å²) in [4.78, 5) is 9.19. The lowest BCUT2D eigenvalue weighted by molar-refractivity contribution is 0.694. The fourth-order valence-electron chi connectivity index (χ4n) is 1.37. The first kappa shape index (κ1) is 11.6. The topological polar surface area (TPSA) is 25.8 Å². The van der Waals surface area contributed by atoms with Gasteiger partial charge in [0.25, 0.3) is 0 Å². The van der Waals surface area contributed by atoms with Crippen molar-refractivity contribution < 1.29 is 0 Å². The van der Waals surface area contributed by atoms with Gasteiger partial charge < -0.3 is 0 Å². The summed E-state index contributed by atoms with van der Waals surface area (Å²) in [5.41, 5.74) is 3.12. The number of halogens is 1. The summed E-state index contributed by atoms with van der Waals surface area (Å²) >= 11 is 3.67. The molecule has 1 unspecified atom stereocenters. The zero-order valence-electron chi connectivity index (χ0n) is 9.05. The fourth-order valence-corrected chi connectivity index (χ4v) is 2.13. The molecule has 3 heteroatoms. The summed E-state index contributed by atoms with van der Waals surface area (Å²) in [6.07, 6.45) is 5.40. The van der Waals surface area contributed by atoms with Crippen molar-refractivity contribution in [1.82, 2.24) is 9.97 Å². The number of unbranched alkanes of at least 4 members (excludes halogenated alkanes) is 1. The molecule has 78 valence electrons. The van der Waals surface area contributed by atoms with Crippen molar-refractivity contribution >= 4 is 15.9 Å². The Bertz CT molecular complexity index is 299. The van der Waals surface area contributed by atoms with E-state index in [0.29, 0.717) is 4.83 Å². The minimum absolute atomic E-state index is 0.356. The minimum atomic E-state index is 0.356. The Morgan fingerprint density at radius 3 is 2.79 bits per heavy atom. The maximum atomic E-state index is 4.52. The molecule has 0 aliphatic carbocycles. The van der Waals surface area contributed by atoms with Gasteiger partial charge in [-0.1, -0.05) is 35.7 Å². The molecule has 0 radical (unpaired) electrons. The lowest BCUT2D eigenvalue weighted by Gasteiger charge is -2.11. The number of rotatable bonds is 4. The molecule has 0 saturated heterocycles. The molecule has 0 aliphatic rings. The van der Waals surface area contributed by atoms with Crippen LogP contribution in [0, 0.1) is 13.8 Å². The van der Waals surface area contributed by atoms with Crippen molar-refractivity contribution in [2.24, 2.45) is 0 Å². The Balaban J connectivity index is 2.77. The van der Waals surface area contributed by atoms with E-state index in [2.05, 4.69) is 32.8 Å². The van der Waals surface area contributed by atoms with Gasteiger partial charge in [-0.3, -0.25) is 9.97 Å². The number of aromatic nitrogens is 2. The van der Waals surface area contributed by atoms with Crippen LogP contribution in [0.25, 0.3) is 0 Å². The van der Waals surface area contributed by atoms with Crippen LogP contribution in [0.3, 0.4) is 0 Å². The van der Waals surface area contributed by atoms with Gasteiger partial charge in [0.2, 0.25) is 0 Å². The van der Waals surface area contributed by atoms with Gasteiger partial charge in [-0.2, -0.15) is 0 Å². The zero-order chi connectivity index (χ0) is 10.6. The highest BCUT2D eigenvalue weighted by Crippen LogP contribution is 2.28. The molecule has 0 N–H and O–H groups in total. The smallest absolute Gasteiger partial charge is 0.0755 e. The number of nitrogens with zero attached hydrogens (tertiary/aromatic N) is 2. The predicted octanol–water partition coefficient (Wildman–Crippen LogP) is 3.72. The molecule has 2 nitrogen and oxygen atoms in total. The van der Waals surface area contributed by atoms with Gasteiger partial charge in [-0.15, -0.1) is 0 Å². The van der Waals surface area contributed by atoms with Crippen LogP contribution >= 0.6 is 15.9 Å². The molecule has 1 aromatic heterocycles. The highest BCUT2D eigenvalue weighted by atomic mass is 79.9. The normalized spacial score (nSPS) is 12.9. The highest BCUT2D eigenvalue weighted by molar-refractivity contribution is 9.09. The predicted molar refractivity (Wildman–Crippen MR) is 62.7 cm³/mol. The van der Waals surface area contributed by atoms with Crippen molar-refractivity contribution in [3.63, 3.8) is 0 Å². The Hall–Kier alpha value is -0.440. The Kier molecular flexibility index (Phi) is 4.52. The summed E-state index contributed by atoms with van der Waals surface area (Å²) in [6.45, 7) is 6.20. The molecule has 14 heavy (non-hydrogen) atoms. The second-order valence-electron chi connectivity index (χ2n) is 3.59. The van der Waals surface area contributed by atoms with E-state index >= 15 is 0 Å². The molecule has 1 heterocycles. The van der Waals surface area contributed by atoms with Crippen molar-refractivity contribution in [2.75, 3.05) is 0 Å². The third-order valence-electron chi connectivity index (χ3n) is 2.22. The van der Waals surface area contributed by atoms with Crippen molar-refractivity contribution in [3.8, 4) is 0 Å². The van der Waals surface area contributed by atoms with E-state index in [4.69, 9.17) is 0 Å². The Labute approximate surface area is 94.3 Å². The fraction of sp³-hybridized carbons (Fsp3) is 0.636. The summed E-state index contributed by atoms with van der Waals surface area (Å²) < 4.78 is 0. The second kappa shape index (κ2) is 5.44. The van der Waals surface area contributed by atoms with Crippen LogP contribution in [0.5, 0.6) is 0 Å². The van der Waals surface area contributed by atoms with E-state index in [1.165, 1.54) is 12.8 Å². The molecule has 0 spiro atoms. The molecular weight excluding hydrogens is 240 g/mol. The van der Waals surface area contributed by atoms with Crippen LogP contribution in [0.15, 0.2) is 6.20 Å². The molecule has 0 fully saturated rings. The van der Waals surface area contributed by atoms with Crippen LogP contribution in [0.2, 0.25) is 0 Å². The van der Waals surface area contributed by atoms with Gasteiger partial charge in [0.1, 0.15) is 0 Å². The highest BCUT2D eigenvalue weighted by Gasteiger charge is 2.12. The third-order valence-corrected chi connectivity index (χ3v) is 3.11. The summed E-state index contributed by atoms with van der Waals surface area (Å²) in [5.74, 6) is 0. The maximum Gasteiger partial charge on any atom is 0.0755 e. The molecule has 1 rings (SSSR count). The largest absolute Gasteiger partial charge is 0.258 e. The van der Waals surface area contributed by atoms with Gasteiger partial charge in [0.05, 0.1) is 21.9 Å². The third kappa shape index (κ3) is 3.05. The second-order valence-corrected chi connectivity index (χ2v) is 4.70. The first-order valence-corrected chi connectivity index (χ1v) is 6.01. The summed E-state index contributed by atoms with van der Waals surface area (Å²) in [6, 6.07) is 0. The minimum Gasteiger partial charge on any atom is -0.258 e. The van der Waals surface area contributed by atoms with Crippen LogP contribution in [-0.4, -0.2) is 9.97 Å². The van der Waals surface area contributed by atoms with E-state index in [9.17, 15) is 0 Å².